The van der Waals surface area contributed by atoms with E-state index in [-0.39, 0.29) is 40.0 Å². The Morgan fingerprint density at radius 1 is 1.25 bits per heavy atom. The minimum atomic E-state index is -1.45. The summed E-state index contributed by atoms with van der Waals surface area (Å²) in [5.74, 6) is -3.33. The summed E-state index contributed by atoms with van der Waals surface area (Å²) >= 11 is 1.77. The number of ether oxygens (including phenoxy) is 1. The summed E-state index contributed by atoms with van der Waals surface area (Å²) in [6, 6.07) is -1.60. The lowest BCUT2D eigenvalue weighted by molar-refractivity contribution is -0.385. The van der Waals surface area contributed by atoms with E-state index in [1.165, 1.54) is 13.0 Å². The molecule has 15 heteroatoms. The smallest absolute Gasteiger partial charge is 0.271 e. The van der Waals surface area contributed by atoms with Gasteiger partial charge in [0.25, 0.3) is 11.6 Å². The third-order valence-electron chi connectivity index (χ3n) is 5.43. The van der Waals surface area contributed by atoms with Gasteiger partial charge in [-0.2, -0.15) is 0 Å². The second-order valence-electron chi connectivity index (χ2n) is 8.20. The highest BCUT2D eigenvalue weighted by Gasteiger charge is 2.33. The van der Waals surface area contributed by atoms with Crippen molar-refractivity contribution in [1.29, 1.82) is 0 Å². The minimum Gasteiger partial charge on any atom is -0.492 e. The van der Waals surface area contributed by atoms with Crippen molar-refractivity contribution in [1.82, 2.24) is 16.0 Å². The molecule has 0 fully saturated rings. The van der Waals surface area contributed by atoms with E-state index in [9.17, 15) is 34.4 Å². The van der Waals surface area contributed by atoms with Crippen molar-refractivity contribution < 1.29 is 33.9 Å². The predicted molar refractivity (Wildman–Crippen MR) is 135 cm³/mol. The van der Waals surface area contributed by atoms with E-state index in [4.69, 9.17) is 16.2 Å². The van der Waals surface area contributed by atoms with Crippen LogP contribution in [0.15, 0.2) is 12.1 Å². The number of aliphatic hydroxyl groups is 1. The molecule has 0 spiro atoms. The van der Waals surface area contributed by atoms with Crippen LogP contribution in [-0.4, -0.2) is 71.0 Å². The van der Waals surface area contributed by atoms with Crippen LogP contribution in [-0.2, 0) is 14.4 Å². The Bertz CT molecular complexity index is 1020. The lowest BCUT2D eigenvalue weighted by Crippen LogP contribution is -2.59. The predicted octanol–water partition coefficient (Wildman–Crippen LogP) is -0.955. The second-order valence-corrected chi connectivity index (χ2v) is 9.36. The normalized spacial score (nSPS) is 22.1. The molecule has 0 radical (unpaired) electrons. The number of fused-ring (bicyclic) bond motifs is 1. The number of benzene rings is 1. The first-order chi connectivity index (χ1) is 17.0. The first kappa shape index (κ1) is 29.2. The summed E-state index contributed by atoms with van der Waals surface area (Å²) in [4.78, 5) is 61.7. The van der Waals surface area contributed by atoms with Crippen LogP contribution in [0.4, 0.5) is 5.69 Å². The van der Waals surface area contributed by atoms with Gasteiger partial charge in [0.1, 0.15) is 23.9 Å². The van der Waals surface area contributed by atoms with Crippen molar-refractivity contribution in [3.63, 3.8) is 0 Å². The number of hydrogen-bond acceptors (Lipinski definition) is 9. The molecule has 0 aromatic heterocycles. The molecule has 36 heavy (non-hydrogen) atoms. The Morgan fingerprint density at radius 3 is 2.53 bits per heavy atom. The quantitative estimate of drug-likeness (QED) is 0.0954. The lowest BCUT2D eigenvalue weighted by atomic mass is 10.0. The van der Waals surface area contributed by atoms with E-state index < -0.39 is 52.8 Å². The standard InChI is InChI=1S/C21H29IN6O8/c1-10(29)16-21(33)25-14(18(24)30)5-7-36-17-12(8-11(28(34)35)9-13(17)22)19(31)26-15(20(32)27-16)4-2-3-6-23/h8-10,14-16,29H,2-7,23H2,1H3,(H2,24,30)(H,25,33)(H,26,31)(H,27,32)/t10?,14?,15-,16-/m0/s1. The Labute approximate surface area is 220 Å². The number of nitro groups is 1. The third-order valence-corrected chi connectivity index (χ3v) is 6.23. The zero-order chi connectivity index (χ0) is 27.0. The molecule has 4 amide bonds. The maximum absolute atomic E-state index is 13.2. The molecular weight excluding hydrogens is 591 g/mol. The Morgan fingerprint density at radius 2 is 1.94 bits per heavy atom. The summed E-state index contributed by atoms with van der Waals surface area (Å²) in [6.07, 6.45) is -0.340. The van der Waals surface area contributed by atoms with Gasteiger partial charge < -0.3 is 37.3 Å². The fourth-order valence-electron chi connectivity index (χ4n) is 3.48. The van der Waals surface area contributed by atoms with E-state index in [2.05, 4.69) is 16.0 Å². The van der Waals surface area contributed by atoms with Gasteiger partial charge in [0.05, 0.1) is 26.8 Å². The van der Waals surface area contributed by atoms with Crippen LogP contribution in [0.5, 0.6) is 5.75 Å². The molecule has 1 aromatic carbocycles. The summed E-state index contributed by atoms with van der Waals surface area (Å²) < 4.78 is 5.95. The first-order valence-corrected chi connectivity index (χ1v) is 12.2. The van der Waals surface area contributed by atoms with Crippen LogP contribution in [0.1, 0.15) is 43.0 Å². The van der Waals surface area contributed by atoms with E-state index in [0.29, 0.717) is 19.4 Å². The van der Waals surface area contributed by atoms with Gasteiger partial charge in [0.15, 0.2) is 0 Å². The summed E-state index contributed by atoms with van der Waals surface area (Å²) in [5.41, 5.74) is 10.4. The molecule has 0 bridgehead atoms. The number of amides is 4. The van der Waals surface area contributed by atoms with Crippen molar-refractivity contribution in [3.05, 3.63) is 31.4 Å². The molecule has 0 aliphatic carbocycles. The van der Waals surface area contributed by atoms with Crippen LogP contribution >= 0.6 is 22.6 Å². The van der Waals surface area contributed by atoms with Gasteiger partial charge in [-0.3, -0.25) is 29.3 Å². The van der Waals surface area contributed by atoms with Crippen LogP contribution < -0.4 is 32.2 Å². The summed E-state index contributed by atoms with van der Waals surface area (Å²) in [6.45, 7) is 1.43. The molecule has 2 unspecified atom stereocenters. The number of carbonyl (C=O) groups excluding carboxylic acids is 4. The van der Waals surface area contributed by atoms with Crippen molar-refractivity contribution in [2.75, 3.05) is 13.2 Å². The van der Waals surface area contributed by atoms with Crippen molar-refractivity contribution in [3.8, 4) is 5.75 Å². The zero-order valence-corrected chi connectivity index (χ0v) is 21.6. The average Bonchev–Trinajstić information content (AvgIpc) is 2.80. The molecule has 8 N–H and O–H groups in total. The monoisotopic (exact) mass is 620 g/mol. The molecule has 1 aromatic rings. The molecule has 14 nitrogen and oxygen atoms in total. The summed E-state index contributed by atoms with van der Waals surface area (Å²) in [5, 5.41) is 28.8. The van der Waals surface area contributed by atoms with Crippen molar-refractivity contribution in [2.45, 2.75) is 56.8 Å². The van der Waals surface area contributed by atoms with E-state index in [1.54, 1.807) is 22.6 Å². The molecule has 4 atom stereocenters. The van der Waals surface area contributed by atoms with Crippen LogP contribution in [0, 0.1) is 13.7 Å². The number of nitrogens with two attached hydrogens (primary N) is 2. The molecular formula is C21H29IN6O8. The van der Waals surface area contributed by atoms with Gasteiger partial charge in [-0.25, -0.2) is 0 Å². The maximum atomic E-state index is 13.2. The maximum Gasteiger partial charge on any atom is 0.271 e. The number of halogens is 1. The number of aliphatic hydroxyl groups excluding tert-OH is 1. The van der Waals surface area contributed by atoms with Gasteiger partial charge in [-0.1, -0.05) is 0 Å². The van der Waals surface area contributed by atoms with E-state index in [1.807, 2.05) is 0 Å². The molecule has 198 valence electrons. The number of rotatable bonds is 7. The Hall–Kier alpha value is -3.05. The fourth-order valence-corrected chi connectivity index (χ4v) is 4.25. The Kier molecular flexibility index (Phi) is 10.8. The van der Waals surface area contributed by atoms with E-state index >= 15 is 0 Å². The third kappa shape index (κ3) is 7.72. The van der Waals surface area contributed by atoms with Gasteiger partial charge in [0.2, 0.25) is 17.7 Å². The minimum absolute atomic E-state index is 0.00767. The number of nitrogens with one attached hydrogen (secondary N) is 3. The number of nitro benzene ring substituents is 1. The van der Waals surface area contributed by atoms with Gasteiger partial charge in [-0.15, -0.1) is 0 Å². The topological polar surface area (TPSA) is 229 Å². The summed E-state index contributed by atoms with van der Waals surface area (Å²) in [7, 11) is 0. The highest BCUT2D eigenvalue weighted by Crippen LogP contribution is 2.31. The van der Waals surface area contributed by atoms with Crippen molar-refractivity contribution in [2.24, 2.45) is 11.5 Å². The molecule has 1 heterocycles. The molecule has 1 aliphatic heterocycles. The Balaban J connectivity index is 2.55. The van der Waals surface area contributed by atoms with Crippen LogP contribution in [0.2, 0.25) is 0 Å². The average molecular weight is 620 g/mol. The number of unbranched alkanes of at least 4 members (excludes halogenated alkanes) is 1. The van der Waals surface area contributed by atoms with Crippen LogP contribution in [0.3, 0.4) is 0 Å². The number of hydrogen-bond donors (Lipinski definition) is 6. The van der Waals surface area contributed by atoms with Gasteiger partial charge in [-0.05, 0) is 55.3 Å². The number of nitrogens with zero attached hydrogens (tertiary/aromatic N) is 1. The highest BCUT2D eigenvalue weighted by atomic mass is 127. The van der Waals surface area contributed by atoms with Crippen LogP contribution in [0.25, 0.3) is 0 Å². The molecule has 0 saturated heterocycles. The highest BCUT2D eigenvalue weighted by molar-refractivity contribution is 14.1. The van der Waals surface area contributed by atoms with Gasteiger partial charge in [0, 0.05) is 18.6 Å². The van der Waals surface area contributed by atoms with E-state index in [0.717, 1.165) is 6.07 Å². The molecule has 0 saturated carbocycles. The van der Waals surface area contributed by atoms with Crippen molar-refractivity contribution >= 4 is 51.9 Å². The number of carbonyl (C=O) groups is 4. The number of non-ortho nitro benzene ring substituents is 1. The zero-order valence-electron chi connectivity index (χ0n) is 19.5. The first-order valence-electron chi connectivity index (χ1n) is 11.2. The SMILES string of the molecule is CC(O)[C@@H]1NC(=O)[C@H](CCCCN)NC(=O)c2cc([N+](=O)[O-])cc(I)c2OCCC(C(N)=O)NC1=O. The number of primary amides is 1. The van der Waals surface area contributed by atoms with Gasteiger partial charge >= 0.3 is 0 Å². The molecule has 1 aliphatic rings. The largest absolute Gasteiger partial charge is 0.492 e. The molecule has 2 rings (SSSR count). The fraction of sp³-hybridized carbons (Fsp3) is 0.524. The second kappa shape index (κ2) is 13.3. The lowest BCUT2D eigenvalue weighted by Gasteiger charge is -2.27.